The average Bonchev–Trinajstić information content (AvgIpc) is 2.89. The van der Waals surface area contributed by atoms with Gasteiger partial charge in [-0.15, -0.1) is 11.3 Å². The van der Waals surface area contributed by atoms with Gasteiger partial charge in [0.2, 0.25) is 0 Å². The molecule has 1 aromatic carbocycles. The van der Waals surface area contributed by atoms with Crippen molar-refractivity contribution in [3.05, 3.63) is 51.7 Å². The number of carbonyl (C=O) groups excluding carboxylic acids is 1. The van der Waals surface area contributed by atoms with Gasteiger partial charge in [0.05, 0.1) is 10.6 Å². The molecule has 3 nitrogen and oxygen atoms in total. The minimum atomic E-state index is -0.0732. The Kier molecular flexibility index (Phi) is 5.18. The number of aryl methyl sites for hydroxylation is 2. The van der Waals surface area contributed by atoms with E-state index in [1.807, 2.05) is 36.4 Å². The second-order valence-electron chi connectivity index (χ2n) is 4.61. The number of para-hydroxylation sites is 1. The maximum atomic E-state index is 12.1. The molecule has 0 saturated carbocycles. The zero-order valence-electron chi connectivity index (χ0n) is 11.9. The Labute approximate surface area is 124 Å². The summed E-state index contributed by atoms with van der Waals surface area (Å²) in [6.45, 7) is 4.29. The molecule has 0 aliphatic heterocycles. The van der Waals surface area contributed by atoms with E-state index in [9.17, 15) is 4.79 Å². The molecule has 106 valence electrons. The zero-order valence-corrected chi connectivity index (χ0v) is 12.7. The van der Waals surface area contributed by atoms with Gasteiger partial charge < -0.3 is 0 Å². The van der Waals surface area contributed by atoms with E-state index in [1.165, 1.54) is 10.4 Å². The zero-order chi connectivity index (χ0) is 14.4. The van der Waals surface area contributed by atoms with Crippen LogP contribution in [0, 0.1) is 0 Å². The number of hydrogen-bond acceptors (Lipinski definition) is 3. The SMILES string of the molecule is CCCc1sc(C(=O)NNc2ccccc2)cc1CC. The summed E-state index contributed by atoms with van der Waals surface area (Å²) in [6.07, 6.45) is 3.13. The van der Waals surface area contributed by atoms with Crippen LogP contribution in [0.4, 0.5) is 5.69 Å². The maximum absolute atomic E-state index is 12.1. The van der Waals surface area contributed by atoms with Gasteiger partial charge in [0.1, 0.15) is 0 Å². The fourth-order valence-corrected chi connectivity index (χ4v) is 3.28. The number of hydrogen-bond donors (Lipinski definition) is 2. The van der Waals surface area contributed by atoms with Crippen LogP contribution < -0.4 is 10.9 Å². The topological polar surface area (TPSA) is 41.1 Å². The molecule has 0 bridgehead atoms. The number of rotatable bonds is 6. The van der Waals surface area contributed by atoms with Crippen molar-refractivity contribution in [3.8, 4) is 0 Å². The molecule has 0 fully saturated rings. The van der Waals surface area contributed by atoms with Gasteiger partial charge in [-0.05, 0) is 36.6 Å². The minimum Gasteiger partial charge on any atom is -0.298 e. The van der Waals surface area contributed by atoms with Crippen molar-refractivity contribution in [2.24, 2.45) is 0 Å². The third kappa shape index (κ3) is 3.61. The van der Waals surface area contributed by atoms with E-state index < -0.39 is 0 Å². The Morgan fingerprint density at radius 3 is 2.60 bits per heavy atom. The summed E-state index contributed by atoms with van der Waals surface area (Å²) in [5.74, 6) is -0.0732. The van der Waals surface area contributed by atoms with E-state index in [4.69, 9.17) is 0 Å². The van der Waals surface area contributed by atoms with Crippen LogP contribution in [0.15, 0.2) is 36.4 Å². The molecule has 4 heteroatoms. The van der Waals surface area contributed by atoms with Crippen molar-refractivity contribution in [2.45, 2.75) is 33.1 Å². The predicted octanol–water partition coefficient (Wildman–Crippen LogP) is 4.02. The summed E-state index contributed by atoms with van der Waals surface area (Å²) in [6, 6.07) is 11.6. The molecule has 0 atom stereocenters. The first-order chi connectivity index (χ1) is 9.74. The van der Waals surface area contributed by atoms with Gasteiger partial charge in [0, 0.05) is 4.88 Å². The summed E-state index contributed by atoms with van der Waals surface area (Å²) < 4.78 is 0. The predicted molar refractivity (Wildman–Crippen MR) is 85.2 cm³/mol. The molecule has 20 heavy (non-hydrogen) atoms. The molecule has 0 aliphatic rings. The number of hydrazine groups is 1. The summed E-state index contributed by atoms with van der Waals surface area (Å²) in [5, 5.41) is 0. The van der Waals surface area contributed by atoms with Crippen molar-refractivity contribution in [3.63, 3.8) is 0 Å². The van der Waals surface area contributed by atoms with Crippen molar-refractivity contribution < 1.29 is 4.79 Å². The first-order valence-corrected chi connectivity index (χ1v) is 7.79. The van der Waals surface area contributed by atoms with E-state index in [1.54, 1.807) is 11.3 Å². The van der Waals surface area contributed by atoms with Gasteiger partial charge in [-0.2, -0.15) is 0 Å². The lowest BCUT2D eigenvalue weighted by Crippen LogP contribution is -2.28. The van der Waals surface area contributed by atoms with Crippen molar-refractivity contribution in [1.82, 2.24) is 5.43 Å². The van der Waals surface area contributed by atoms with Gasteiger partial charge >= 0.3 is 0 Å². The fraction of sp³-hybridized carbons (Fsp3) is 0.312. The van der Waals surface area contributed by atoms with Crippen LogP contribution in [0.1, 0.15) is 40.4 Å². The number of nitrogens with one attached hydrogen (secondary N) is 2. The number of carbonyl (C=O) groups is 1. The quantitative estimate of drug-likeness (QED) is 0.788. The Morgan fingerprint density at radius 1 is 1.20 bits per heavy atom. The number of thiophene rings is 1. The van der Waals surface area contributed by atoms with Gasteiger partial charge in [0.15, 0.2) is 0 Å². The highest BCUT2D eigenvalue weighted by molar-refractivity contribution is 7.14. The van der Waals surface area contributed by atoms with Crippen molar-refractivity contribution >= 4 is 22.9 Å². The maximum Gasteiger partial charge on any atom is 0.279 e. The summed E-state index contributed by atoms with van der Waals surface area (Å²) >= 11 is 1.60. The van der Waals surface area contributed by atoms with Gasteiger partial charge in [-0.25, -0.2) is 0 Å². The molecule has 0 saturated heterocycles. The molecule has 2 aromatic rings. The Hall–Kier alpha value is -1.81. The second kappa shape index (κ2) is 7.10. The standard InChI is InChI=1S/C16H20N2OS/c1-3-8-14-12(4-2)11-15(20-14)16(19)18-17-13-9-6-5-7-10-13/h5-7,9-11,17H,3-4,8H2,1-2H3,(H,18,19). The molecule has 0 aliphatic carbocycles. The highest BCUT2D eigenvalue weighted by Crippen LogP contribution is 2.24. The van der Waals surface area contributed by atoms with E-state index >= 15 is 0 Å². The molecule has 0 spiro atoms. The molecule has 1 amide bonds. The summed E-state index contributed by atoms with van der Waals surface area (Å²) in [4.78, 5) is 14.2. The molecule has 2 rings (SSSR count). The first kappa shape index (κ1) is 14.6. The third-order valence-corrected chi connectivity index (χ3v) is 4.31. The largest absolute Gasteiger partial charge is 0.298 e. The number of amides is 1. The number of benzene rings is 1. The highest BCUT2D eigenvalue weighted by Gasteiger charge is 2.13. The van der Waals surface area contributed by atoms with Crippen LogP contribution >= 0.6 is 11.3 Å². The van der Waals surface area contributed by atoms with E-state index in [0.29, 0.717) is 0 Å². The lowest BCUT2D eigenvalue weighted by Gasteiger charge is -2.06. The van der Waals surface area contributed by atoms with E-state index in [0.717, 1.165) is 29.8 Å². The van der Waals surface area contributed by atoms with Gasteiger partial charge in [-0.1, -0.05) is 38.5 Å². The summed E-state index contributed by atoms with van der Waals surface area (Å²) in [5.41, 5.74) is 7.84. The molecular formula is C16H20N2OS. The monoisotopic (exact) mass is 288 g/mol. The van der Waals surface area contributed by atoms with Crippen LogP contribution in [0.3, 0.4) is 0 Å². The van der Waals surface area contributed by atoms with Crippen molar-refractivity contribution in [1.29, 1.82) is 0 Å². The van der Waals surface area contributed by atoms with Crippen LogP contribution in [0.5, 0.6) is 0 Å². The molecular weight excluding hydrogens is 268 g/mol. The second-order valence-corrected chi connectivity index (χ2v) is 5.74. The normalized spacial score (nSPS) is 10.3. The average molecular weight is 288 g/mol. The smallest absolute Gasteiger partial charge is 0.279 e. The van der Waals surface area contributed by atoms with Gasteiger partial charge in [0.25, 0.3) is 5.91 Å². The molecule has 0 unspecified atom stereocenters. The highest BCUT2D eigenvalue weighted by atomic mass is 32.1. The molecule has 0 radical (unpaired) electrons. The molecule has 2 N–H and O–H groups in total. The van der Waals surface area contributed by atoms with E-state index in [-0.39, 0.29) is 5.91 Å². The minimum absolute atomic E-state index is 0.0732. The number of anilines is 1. The van der Waals surface area contributed by atoms with Gasteiger partial charge in [-0.3, -0.25) is 15.6 Å². The molecule has 1 heterocycles. The van der Waals surface area contributed by atoms with Crippen LogP contribution in [-0.4, -0.2) is 5.91 Å². The Balaban J connectivity index is 2.02. The summed E-state index contributed by atoms with van der Waals surface area (Å²) in [7, 11) is 0. The Morgan fingerprint density at radius 2 is 1.95 bits per heavy atom. The van der Waals surface area contributed by atoms with Crippen LogP contribution in [0.25, 0.3) is 0 Å². The van der Waals surface area contributed by atoms with Crippen LogP contribution in [-0.2, 0) is 12.8 Å². The van der Waals surface area contributed by atoms with Crippen LogP contribution in [0.2, 0.25) is 0 Å². The Bertz CT molecular complexity index is 563. The van der Waals surface area contributed by atoms with E-state index in [2.05, 4.69) is 24.7 Å². The van der Waals surface area contributed by atoms with Crippen molar-refractivity contribution in [2.75, 3.05) is 5.43 Å². The fourth-order valence-electron chi connectivity index (χ4n) is 2.03. The first-order valence-electron chi connectivity index (χ1n) is 6.97. The third-order valence-electron chi connectivity index (χ3n) is 3.07. The lowest BCUT2D eigenvalue weighted by atomic mass is 10.1. The lowest BCUT2D eigenvalue weighted by molar-refractivity contribution is 0.0966. The molecule has 1 aromatic heterocycles.